The minimum absolute atomic E-state index is 0.584. The van der Waals surface area contributed by atoms with E-state index in [4.69, 9.17) is 0 Å². The molecule has 0 aromatic carbocycles. The molecule has 0 aliphatic carbocycles. The lowest BCUT2D eigenvalue weighted by molar-refractivity contribution is 0.588. The first kappa shape index (κ1) is 11.3. The second kappa shape index (κ2) is 4.36. The highest BCUT2D eigenvalue weighted by atomic mass is 15.4. The fourth-order valence-electron chi connectivity index (χ4n) is 2.38. The zero-order valence-electron chi connectivity index (χ0n) is 10.7. The summed E-state index contributed by atoms with van der Waals surface area (Å²) in [6.07, 6.45) is 2.16. The van der Waals surface area contributed by atoms with E-state index >= 15 is 0 Å². The van der Waals surface area contributed by atoms with Crippen LogP contribution in [0.4, 0.5) is 11.5 Å². The highest BCUT2D eigenvalue weighted by molar-refractivity contribution is 5.71. The summed E-state index contributed by atoms with van der Waals surface area (Å²) >= 11 is 0. The molecule has 1 unspecified atom stereocenters. The normalized spacial score (nSPS) is 16.9. The average Bonchev–Trinajstić information content (AvgIpc) is 2.65. The van der Waals surface area contributed by atoms with E-state index in [-0.39, 0.29) is 0 Å². The van der Waals surface area contributed by atoms with E-state index in [1.807, 2.05) is 11.7 Å². The van der Waals surface area contributed by atoms with Gasteiger partial charge in [-0.25, -0.2) is 0 Å². The Labute approximate surface area is 97.6 Å². The molecule has 0 bridgehead atoms. The van der Waals surface area contributed by atoms with E-state index in [2.05, 4.69) is 36.1 Å². The Kier molecular flexibility index (Phi) is 3.08. The topological polar surface area (TPSA) is 33.1 Å². The standard InChI is InChI=1S/C12H22N4/c1-5-9(3)16-8-7-13-11-10(6-2)14-15(4)12(11)16/h9,13H,5-8H2,1-4H3. The Morgan fingerprint density at radius 2 is 2.19 bits per heavy atom. The van der Waals surface area contributed by atoms with E-state index in [9.17, 15) is 0 Å². The van der Waals surface area contributed by atoms with E-state index in [0.29, 0.717) is 6.04 Å². The summed E-state index contributed by atoms with van der Waals surface area (Å²) in [4.78, 5) is 2.47. The summed E-state index contributed by atoms with van der Waals surface area (Å²) in [5.41, 5.74) is 2.43. The minimum Gasteiger partial charge on any atom is -0.379 e. The van der Waals surface area contributed by atoms with Crippen molar-refractivity contribution >= 4 is 11.5 Å². The Bertz CT molecular complexity index is 369. The summed E-state index contributed by atoms with van der Waals surface area (Å²) in [6, 6.07) is 0.584. The monoisotopic (exact) mass is 222 g/mol. The number of nitrogens with one attached hydrogen (secondary N) is 1. The van der Waals surface area contributed by atoms with Gasteiger partial charge in [-0.3, -0.25) is 4.68 Å². The summed E-state index contributed by atoms with van der Waals surface area (Å²) in [6.45, 7) is 8.78. The van der Waals surface area contributed by atoms with Gasteiger partial charge in [0, 0.05) is 26.2 Å². The molecule has 1 N–H and O–H groups in total. The zero-order chi connectivity index (χ0) is 11.7. The van der Waals surface area contributed by atoms with E-state index in [1.54, 1.807) is 0 Å². The number of hydrogen-bond donors (Lipinski definition) is 1. The molecule has 1 aliphatic heterocycles. The predicted octanol–water partition coefficient (Wildman–Crippen LogP) is 2.01. The first-order chi connectivity index (χ1) is 7.69. The number of aryl methyl sites for hydroxylation is 2. The third-order valence-corrected chi connectivity index (χ3v) is 3.47. The zero-order valence-corrected chi connectivity index (χ0v) is 10.7. The van der Waals surface area contributed by atoms with Gasteiger partial charge in [0.25, 0.3) is 0 Å². The lowest BCUT2D eigenvalue weighted by Gasteiger charge is -2.35. The Morgan fingerprint density at radius 1 is 1.44 bits per heavy atom. The molecule has 1 aromatic heterocycles. The summed E-state index contributed by atoms with van der Waals surface area (Å²) in [5, 5.41) is 8.08. The smallest absolute Gasteiger partial charge is 0.150 e. The minimum atomic E-state index is 0.584. The van der Waals surface area contributed by atoms with Crippen molar-refractivity contribution < 1.29 is 0 Å². The van der Waals surface area contributed by atoms with Crippen molar-refractivity contribution in [2.24, 2.45) is 7.05 Å². The third-order valence-electron chi connectivity index (χ3n) is 3.47. The van der Waals surface area contributed by atoms with Gasteiger partial charge in [-0.05, 0) is 19.8 Å². The Balaban J connectivity index is 2.41. The van der Waals surface area contributed by atoms with E-state index in [1.165, 1.54) is 23.6 Å². The van der Waals surface area contributed by atoms with Gasteiger partial charge in [-0.1, -0.05) is 13.8 Å². The van der Waals surface area contributed by atoms with Crippen LogP contribution in [0.1, 0.15) is 32.9 Å². The molecule has 0 amide bonds. The molecule has 0 saturated heterocycles. The summed E-state index contributed by atoms with van der Waals surface area (Å²) in [7, 11) is 2.04. The average molecular weight is 222 g/mol. The van der Waals surface area contributed by atoms with Crippen LogP contribution in [-0.2, 0) is 13.5 Å². The molecule has 90 valence electrons. The molecule has 0 spiro atoms. The van der Waals surface area contributed by atoms with E-state index < -0.39 is 0 Å². The molecule has 2 heterocycles. The molecular weight excluding hydrogens is 200 g/mol. The summed E-state index contributed by atoms with van der Waals surface area (Å²) in [5.74, 6) is 1.26. The van der Waals surface area contributed by atoms with Gasteiger partial charge >= 0.3 is 0 Å². The molecule has 0 fully saturated rings. The first-order valence-corrected chi connectivity index (χ1v) is 6.25. The second-order valence-corrected chi connectivity index (χ2v) is 4.50. The largest absolute Gasteiger partial charge is 0.379 e. The van der Waals surface area contributed by atoms with Gasteiger partial charge in [-0.15, -0.1) is 0 Å². The van der Waals surface area contributed by atoms with Crippen LogP contribution >= 0.6 is 0 Å². The van der Waals surface area contributed by atoms with Crippen LogP contribution in [0.3, 0.4) is 0 Å². The maximum Gasteiger partial charge on any atom is 0.150 e. The van der Waals surface area contributed by atoms with Gasteiger partial charge in [0.05, 0.1) is 5.69 Å². The number of nitrogens with zero attached hydrogens (tertiary/aromatic N) is 3. The van der Waals surface area contributed by atoms with Gasteiger partial charge < -0.3 is 10.2 Å². The lowest BCUT2D eigenvalue weighted by atomic mass is 10.1. The van der Waals surface area contributed by atoms with Crippen LogP contribution in [0, 0.1) is 0 Å². The molecule has 4 heteroatoms. The fourth-order valence-corrected chi connectivity index (χ4v) is 2.38. The van der Waals surface area contributed by atoms with Crippen LogP contribution in [0.2, 0.25) is 0 Å². The van der Waals surface area contributed by atoms with Crippen molar-refractivity contribution in [2.45, 2.75) is 39.7 Å². The lowest BCUT2D eigenvalue weighted by Crippen LogP contribution is -2.41. The van der Waals surface area contributed by atoms with Crippen LogP contribution in [0.25, 0.3) is 0 Å². The molecule has 4 nitrogen and oxygen atoms in total. The summed E-state index contributed by atoms with van der Waals surface area (Å²) < 4.78 is 2.02. The predicted molar refractivity (Wildman–Crippen MR) is 68.2 cm³/mol. The van der Waals surface area contributed by atoms with Crippen molar-refractivity contribution in [3.63, 3.8) is 0 Å². The van der Waals surface area contributed by atoms with Crippen LogP contribution in [0.5, 0.6) is 0 Å². The van der Waals surface area contributed by atoms with Crippen LogP contribution in [0.15, 0.2) is 0 Å². The van der Waals surface area contributed by atoms with Crippen molar-refractivity contribution in [3.05, 3.63) is 5.69 Å². The molecule has 0 radical (unpaired) electrons. The number of anilines is 2. The number of fused-ring (bicyclic) bond motifs is 1. The quantitative estimate of drug-likeness (QED) is 0.849. The van der Waals surface area contributed by atoms with Gasteiger partial charge in [0.2, 0.25) is 0 Å². The van der Waals surface area contributed by atoms with Gasteiger partial charge in [-0.2, -0.15) is 5.10 Å². The van der Waals surface area contributed by atoms with Crippen molar-refractivity contribution in [2.75, 3.05) is 23.3 Å². The second-order valence-electron chi connectivity index (χ2n) is 4.50. The molecular formula is C12H22N4. The van der Waals surface area contributed by atoms with Crippen LogP contribution in [-0.4, -0.2) is 28.9 Å². The van der Waals surface area contributed by atoms with E-state index in [0.717, 1.165) is 19.5 Å². The highest BCUT2D eigenvalue weighted by Gasteiger charge is 2.26. The van der Waals surface area contributed by atoms with Gasteiger partial charge in [0.15, 0.2) is 5.82 Å². The maximum absolute atomic E-state index is 4.59. The molecule has 16 heavy (non-hydrogen) atoms. The fraction of sp³-hybridized carbons (Fsp3) is 0.750. The molecule has 0 saturated carbocycles. The van der Waals surface area contributed by atoms with Crippen LogP contribution < -0.4 is 10.2 Å². The first-order valence-electron chi connectivity index (χ1n) is 6.25. The van der Waals surface area contributed by atoms with Crippen molar-refractivity contribution in [1.82, 2.24) is 9.78 Å². The van der Waals surface area contributed by atoms with Crippen molar-refractivity contribution in [3.8, 4) is 0 Å². The molecule has 2 rings (SSSR count). The SMILES string of the molecule is CCc1nn(C)c2c1NCCN2C(C)CC. The molecule has 1 aliphatic rings. The molecule has 1 aromatic rings. The number of aromatic nitrogens is 2. The Morgan fingerprint density at radius 3 is 2.81 bits per heavy atom. The molecule has 1 atom stereocenters. The van der Waals surface area contributed by atoms with Gasteiger partial charge in [0.1, 0.15) is 5.69 Å². The number of rotatable bonds is 3. The highest BCUT2D eigenvalue weighted by Crippen LogP contribution is 2.33. The third kappa shape index (κ3) is 1.66. The van der Waals surface area contributed by atoms with Crippen molar-refractivity contribution in [1.29, 1.82) is 0 Å². The number of hydrogen-bond acceptors (Lipinski definition) is 3. The Hall–Kier alpha value is -1.19. The maximum atomic E-state index is 4.59.